The molecule has 0 spiro atoms. The van der Waals surface area contributed by atoms with Crippen LogP contribution in [0.15, 0.2) is 42.7 Å². The van der Waals surface area contributed by atoms with Crippen LogP contribution in [0, 0.1) is 0 Å². The lowest BCUT2D eigenvalue weighted by Gasteiger charge is -2.24. The number of nitrogens with zero attached hydrogens (tertiary/aromatic N) is 1. The molecule has 2 aromatic rings. The molecule has 21 heavy (non-hydrogen) atoms. The van der Waals surface area contributed by atoms with E-state index in [9.17, 15) is 9.90 Å². The van der Waals surface area contributed by atoms with Crippen LogP contribution in [-0.2, 0) is 0 Å². The predicted octanol–water partition coefficient (Wildman–Crippen LogP) is 3.02. The van der Waals surface area contributed by atoms with Gasteiger partial charge >= 0.3 is 6.03 Å². The molecule has 0 radical (unpaired) electrons. The molecule has 0 fully saturated rings. The van der Waals surface area contributed by atoms with Gasteiger partial charge in [0.15, 0.2) is 0 Å². The van der Waals surface area contributed by atoms with E-state index in [1.807, 2.05) is 29.1 Å². The van der Waals surface area contributed by atoms with E-state index >= 15 is 0 Å². The highest BCUT2D eigenvalue weighted by Crippen LogP contribution is 2.24. The van der Waals surface area contributed by atoms with Crippen LogP contribution in [0.2, 0.25) is 5.02 Å². The van der Waals surface area contributed by atoms with Gasteiger partial charge in [0.25, 0.3) is 0 Å². The number of nitrogens with one attached hydrogen (secondary N) is 2. The minimum Gasteiger partial charge on any atom is -0.394 e. The first kappa shape index (κ1) is 15.4. The van der Waals surface area contributed by atoms with E-state index in [2.05, 4.69) is 10.6 Å². The van der Waals surface area contributed by atoms with Crippen molar-refractivity contribution in [1.82, 2.24) is 9.88 Å². The molecule has 6 heteroatoms. The predicted molar refractivity (Wildman–Crippen MR) is 84.1 cm³/mol. The van der Waals surface area contributed by atoms with Crippen LogP contribution in [0.1, 0.15) is 13.8 Å². The molecule has 1 aromatic heterocycles. The van der Waals surface area contributed by atoms with Crippen LogP contribution < -0.4 is 10.6 Å². The maximum absolute atomic E-state index is 12.0. The first-order valence-electron chi connectivity index (χ1n) is 6.54. The van der Waals surface area contributed by atoms with Crippen molar-refractivity contribution in [3.05, 3.63) is 47.7 Å². The lowest BCUT2D eigenvalue weighted by molar-refractivity contribution is 0.187. The highest BCUT2D eigenvalue weighted by atomic mass is 35.5. The van der Waals surface area contributed by atoms with Crippen molar-refractivity contribution in [1.29, 1.82) is 0 Å². The van der Waals surface area contributed by atoms with Crippen LogP contribution in [0.3, 0.4) is 0 Å². The number of anilines is 1. The third kappa shape index (κ3) is 4.00. The van der Waals surface area contributed by atoms with Gasteiger partial charge in [-0.05, 0) is 44.2 Å². The highest BCUT2D eigenvalue weighted by molar-refractivity contribution is 6.30. The number of benzene rings is 1. The molecule has 0 saturated heterocycles. The molecule has 3 N–H and O–H groups in total. The zero-order valence-electron chi connectivity index (χ0n) is 11.9. The quantitative estimate of drug-likeness (QED) is 0.813. The molecule has 112 valence electrons. The summed E-state index contributed by atoms with van der Waals surface area (Å²) >= 11 is 6.02. The first-order chi connectivity index (χ1) is 9.91. The van der Waals surface area contributed by atoms with Gasteiger partial charge in [0.05, 0.1) is 23.5 Å². The van der Waals surface area contributed by atoms with Crippen molar-refractivity contribution in [2.75, 3.05) is 11.9 Å². The second kappa shape index (κ2) is 6.20. The van der Waals surface area contributed by atoms with Crippen molar-refractivity contribution in [2.24, 2.45) is 0 Å². The summed E-state index contributed by atoms with van der Waals surface area (Å²) in [5.41, 5.74) is 0.704. The number of rotatable bonds is 4. The maximum Gasteiger partial charge on any atom is 0.319 e. The Morgan fingerprint density at radius 2 is 2.00 bits per heavy atom. The van der Waals surface area contributed by atoms with Crippen molar-refractivity contribution < 1.29 is 9.90 Å². The minimum atomic E-state index is -0.690. The molecule has 2 rings (SSSR count). The number of halogens is 1. The summed E-state index contributed by atoms with van der Waals surface area (Å²) in [5, 5.41) is 15.2. The topological polar surface area (TPSA) is 66.3 Å². The van der Waals surface area contributed by atoms with Crippen LogP contribution in [0.25, 0.3) is 5.69 Å². The number of amides is 2. The summed E-state index contributed by atoms with van der Waals surface area (Å²) in [5.74, 6) is 0. The van der Waals surface area contributed by atoms with Crippen LogP contribution in [0.4, 0.5) is 10.5 Å². The van der Waals surface area contributed by atoms with Crippen LogP contribution in [-0.4, -0.2) is 27.9 Å². The lowest BCUT2D eigenvalue weighted by atomic mass is 10.1. The molecule has 0 atom stereocenters. The number of aliphatic hydroxyl groups excluding tert-OH is 1. The molecular formula is C15H18ClN3O2. The monoisotopic (exact) mass is 307 g/mol. The zero-order valence-corrected chi connectivity index (χ0v) is 12.7. The third-order valence-corrected chi connectivity index (χ3v) is 3.17. The summed E-state index contributed by atoms with van der Waals surface area (Å²) in [7, 11) is 0. The van der Waals surface area contributed by atoms with Crippen molar-refractivity contribution in [2.45, 2.75) is 19.4 Å². The number of urea groups is 1. The summed E-state index contributed by atoms with van der Waals surface area (Å²) in [6.45, 7) is 3.33. The summed E-state index contributed by atoms with van der Waals surface area (Å²) < 4.78 is 1.86. The van der Waals surface area contributed by atoms with Gasteiger partial charge in [0.2, 0.25) is 0 Å². The second-order valence-electron chi connectivity index (χ2n) is 5.37. The first-order valence-corrected chi connectivity index (χ1v) is 6.92. The van der Waals surface area contributed by atoms with Gasteiger partial charge in [-0.2, -0.15) is 0 Å². The van der Waals surface area contributed by atoms with E-state index in [1.54, 1.807) is 32.0 Å². The fourth-order valence-corrected chi connectivity index (χ4v) is 1.99. The van der Waals surface area contributed by atoms with E-state index in [4.69, 9.17) is 11.6 Å². The Labute approximate surface area is 128 Å². The molecule has 0 aliphatic rings. The number of hydrogen-bond donors (Lipinski definition) is 3. The highest BCUT2D eigenvalue weighted by Gasteiger charge is 2.19. The van der Waals surface area contributed by atoms with Gasteiger partial charge in [0, 0.05) is 17.4 Å². The smallest absolute Gasteiger partial charge is 0.319 e. The molecule has 1 heterocycles. The fourth-order valence-electron chi connectivity index (χ4n) is 1.82. The number of aliphatic hydroxyl groups is 1. The summed E-state index contributed by atoms with van der Waals surface area (Å²) in [6.07, 6.45) is 3.73. The fraction of sp³-hybridized carbons (Fsp3) is 0.267. The van der Waals surface area contributed by atoms with Gasteiger partial charge in [0.1, 0.15) is 0 Å². The standard InChI is InChI=1S/C15H18ClN3O2/c1-15(2,10-20)18-14(21)17-12-6-5-11(16)9-13(12)19-7-3-4-8-19/h3-9,20H,10H2,1-2H3,(H2,17,18,21). The van der Waals surface area contributed by atoms with E-state index < -0.39 is 5.54 Å². The molecule has 0 unspecified atom stereocenters. The van der Waals surface area contributed by atoms with E-state index in [0.29, 0.717) is 10.7 Å². The van der Waals surface area contributed by atoms with Gasteiger partial charge in [-0.1, -0.05) is 11.6 Å². The third-order valence-electron chi connectivity index (χ3n) is 2.94. The average molecular weight is 308 g/mol. The Morgan fingerprint density at radius 1 is 1.33 bits per heavy atom. The van der Waals surface area contributed by atoms with Crippen LogP contribution in [0.5, 0.6) is 0 Å². The Hall–Kier alpha value is -1.98. The maximum atomic E-state index is 12.0. The van der Waals surface area contributed by atoms with Crippen molar-refractivity contribution >= 4 is 23.3 Å². The van der Waals surface area contributed by atoms with Crippen LogP contribution >= 0.6 is 11.6 Å². The molecular weight excluding hydrogens is 290 g/mol. The summed E-state index contributed by atoms with van der Waals surface area (Å²) in [4.78, 5) is 12.0. The van der Waals surface area contributed by atoms with Crippen molar-refractivity contribution in [3.63, 3.8) is 0 Å². The summed E-state index contributed by atoms with van der Waals surface area (Å²) in [6, 6.07) is 8.61. The molecule has 0 aliphatic heterocycles. The molecule has 0 saturated carbocycles. The lowest BCUT2D eigenvalue weighted by Crippen LogP contribution is -2.48. The largest absolute Gasteiger partial charge is 0.394 e. The molecule has 5 nitrogen and oxygen atoms in total. The van der Waals surface area contributed by atoms with E-state index in [-0.39, 0.29) is 12.6 Å². The molecule has 0 aliphatic carbocycles. The number of hydrogen-bond acceptors (Lipinski definition) is 2. The van der Waals surface area contributed by atoms with E-state index in [0.717, 1.165) is 5.69 Å². The van der Waals surface area contributed by atoms with Gasteiger partial charge in [-0.25, -0.2) is 4.79 Å². The van der Waals surface area contributed by atoms with Gasteiger partial charge < -0.3 is 20.3 Å². The Kier molecular flexibility index (Phi) is 4.55. The minimum absolute atomic E-state index is 0.147. The molecule has 0 bridgehead atoms. The Morgan fingerprint density at radius 3 is 2.62 bits per heavy atom. The number of aromatic nitrogens is 1. The Bertz CT molecular complexity index is 624. The molecule has 1 aromatic carbocycles. The zero-order chi connectivity index (χ0) is 15.5. The Balaban J connectivity index is 2.23. The number of carbonyl (C=O) groups is 1. The SMILES string of the molecule is CC(C)(CO)NC(=O)Nc1ccc(Cl)cc1-n1cccc1. The number of carbonyl (C=O) groups excluding carboxylic acids is 1. The normalized spacial score (nSPS) is 11.2. The van der Waals surface area contributed by atoms with Gasteiger partial charge in [-0.15, -0.1) is 0 Å². The molecule has 2 amide bonds. The van der Waals surface area contributed by atoms with Gasteiger partial charge in [-0.3, -0.25) is 0 Å². The van der Waals surface area contributed by atoms with Crippen molar-refractivity contribution in [3.8, 4) is 5.69 Å². The average Bonchev–Trinajstić information content (AvgIpc) is 2.94. The van der Waals surface area contributed by atoms with E-state index in [1.165, 1.54) is 0 Å². The second-order valence-corrected chi connectivity index (χ2v) is 5.81.